The summed E-state index contributed by atoms with van der Waals surface area (Å²) < 4.78 is 44.2. The molecule has 3 aromatic heterocycles. The van der Waals surface area contributed by atoms with E-state index >= 15 is 0 Å². The van der Waals surface area contributed by atoms with E-state index in [-0.39, 0.29) is 17.5 Å². The van der Waals surface area contributed by atoms with E-state index in [0.29, 0.717) is 55.6 Å². The van der Waals surface area contributed by atoms with E-state index in [9.17, 15) is 9.18 Å². The molecular weight excluding hydrogens is 891 g/mol. The molecular formula is C51H62ClFN6O5SSi. The van der Waals surface area contributed by atoms with Crippen LogP contribution in [0.4, 0.5) is 4.39 Å². The molecule has 0 aliphatic carbocycles. The molecule has 0 amide bonds. The molecule has 66 heavy (non-hydrogen) atoms. The molecule has 7 rings (SSSR count). The number of nitrogens with one attached hydrogen (secondary N) is 1. The Morgan fingerprint density at radius 3 is 2.38 bits per heavy atom. The first kappa shape index (κ1) is 48.8. The summed E-state index contributed by atoms with van der Waals surface area (Å²) in [4.78, 5) is 14.8. The Morgan fingerprint density at radius 1 is 0.924 bits per heavy atom. The standard InChI is InChI=1S/C51H62ClFN6O5SSi/c1-12-62-50(60)49-41(14-13-23-63-45-27-39(25-34-24-35(53)17-20-40(34)45)65-31-33-15-18-38(61-9)19-16-33)42-21-22-43(52)47(48(42)57(49)6)46-32(2)58(7)56-44(46)29-54-28-36-26-37(59(8)55-36)30-64-66(10,11)51(3,4)5/h15-22,24-27,54H,12-14,23,28-31H2,1-11H3. The van der Waals surface area contributed by atoms with E-state index in [1.807, 2.05) is 97.5 Å². The quantitative estimate of drug-likeness (QED) is 0.0367. The zero-order valence-corrected chi connectivity index (χ0v) is 42.6. The van der Waals surface area contributed by atoms with Crippen LogP contribution < -0.4 is 14.8 Å². The van der Waals surface area contributed by atoms with Crippen LogP contribution in [0.2, 0.25) is 23.2 Å². The van der Waals surface area contributed by atoms with Gasteiger partial charge in [0.05, 0.1) is 54.6 Å². The van der Waals surface area contributed by atoms with Crippen molar-refractivity contribution >= 4 is 59.3 Å². The van der Waals surface area contributed by atoms with Crippen LogP contribution in [0.3, 0.4) is 0 Å². The minimum absolute atomic E-state index is 0.117. The van der Waals surface area contributed by atoms with E-state index in [1.165, 1.54) is 6.07 Å². The Bertz CT molecular complexity index is 2870. The van der Waals surface area contributed by atoms with Crippen molar-refractivity contribution in [2.75, 3.05) is 20.3 Å². The number of hydrogen-bond donors (Lipinski definition) is 1. The van der Waals surface area contributed by atoms with Crippen LogP contribution in [0.5, 0.6) is 11.5 Å². The highest BCUT2D eigenvalue weighted by Gasteiger charge is 2.37. The molecule has 11 nitrogen and oxygen atoms in total. The number of rotatable bonds is 19. The van der Waals surface area contributed by atoms with Crippen LogP contribution in [0.15, 0.2) is 77.7 Å². The lowest BCUT2D eigenvalue weighted by molar-refractivity contribution is 0.0514. The normalized spacial score (nSPS) is 12.1. The van der Waals surface area contributed by atoms with Crippen LogP contribution in [-0.2, 0) is 62.2 Å². The molecule has 15 heteroatoms. The maximum absolute atomic E-state index is 14.5. The molecule has 0 saturated heterocycles. The number of carbonyl (C=O) groups excluding carboxylic acids is 1. The van der Waals surface area contributed by atoms with Crippen LogP contribution in [0.25, 0.3) is 32.8 Å². The van der Waals surface area contributed by atoms with Crippen LogP contribution in [0.1, 0.15) is 78.5 Å². The third-order valence-corrected chi connectivity index (χ3v) is 18.6. The first-order chi connectivity index (χ1) is 31.4. The fourth-order valence-electron chi connectivity index (χ4n) is 8.05. The topological polar surface area (TPSA) is 107 Å². The van der Waals surface area contributed by atoms with Gasteiger partial charge in [-0.3, -0.25) is 9.36 Å². The number of esters is 1. The molecule has 4 aromatic carbocycles. The summed E-state index contributed by atoms with van der Waals surface area (Å²) in [6, 6.07) is 22.7. The summed E-state index contributed by atoms with van der Waals surface area (Å²) in [7, 11) is 5.51. The Morgan fingerprint density at radius 2 is 1.67 bits per heavy atom. The molecule has 3 heterocycles. The van der Waals surface area contributed by atoms with Crippen LogP contribution in [0, 0.1) is 12.7 Å². The molecule has 0 fully saturated rings. The van der Waals surface area contributed by atoms with Gasteiger partial charge >= 0.3 is 5.97 Å². The molecule has 0 bridgehead atoms. The van der Waals surface area contributed by atoms with Crippen molar-refractivity contribution < 1.29 is 27.8 Å². The summed E-state index contributed by atoms with van der Waals surface area (Å²) in [5.74, 6) is 1.50. The summed E-state index contributed by atoms with van der Waals surface area (Å²) in [6.07, 6.45) is 1.12. The largest absolute Gasteiger partial charge is 0.497 e. The highest BCUT2D eigenvalue weighted by atomic mass is 35.5. The van der Waals surface area contributed by atoms with Crippen LogP contribution >= 0.6 is 23.4 Å². The van der Waals surface area contributed by atoms with Gasteiger partial charge in [-0.2, -0.15) is 10.2 Å². The summed E-state index contributed by atoms with van der Waals surface area (Å²) in [6.45, 7) is 17.2. The monoisotopic (exact) mass is 952 g/mol. The van der Waals surface area contributed by atoms with Crippen molar-refractivity contribution in [3.05, 3.63) is 123 Å². The molecule has 0 aliphatic rings. The maximum Gasteiger partial charge on any atom is 0.355 e. The van der Waals surface area contributed by atoms with Crippen LogP contribution in [-0.4, -0.2) is 58.7 Å². The number of fused-ring (bicyclic) bond motifs is 2. The number of methoxy groups -OCH3 is 1. The van der Waals surface area contributed by atoms with Gasteiger partial charge in [0.15, 0.2) is 8.32 Å². The minimum Gasteiger partial charge on any atom is -0.497 e. The Hall–Kier alpha value is -5.12. The highest BCUT2D eigenvalue weighted by Crippen LogP contribution is 2.43. The van der Waals surface area contributed by atoms with Gasteiger partial charge < -0.3 is 28.5 Å². The summed E-state index contributed by atoms with van der Waals surface area (Å²) in [5, 5.41) is 16.5. The van der Waals surface area contributed by atoms with Gasteiger partial charge in [0.2, 0.25) is 0 Å². The summed E-state index contributed by atoms with van der Waals surface area (Å²) in [5.41, 5.74) is 8.71. The van der Waals surface area contributed by atoms with Gasteiger partial charge in [0.1, 0.15) is 23.0 Å². The molecule has 0 radical (unpaired) electrons. The van der Waals surface area contributed by atoms with Crippen molar-refractivity contribution in [3.8, 4) is 22.6 Å². The Balaban J connectivity index is 1.13. The smallest absolute Gasteiger partial charge is 0.355 e. The predicted molar refractivity (Wildman–Crippen MR) is 267 cm³/mol. The fraction of sp³-hybridized carbons (Fsp3) is 0.392. The first-order valence-electron chi connectivity index (χ1n) is 22.4. The minimum atomic E-state index is -1.92. The maximum atomic E-state index is 14.5. The predicted octanol–water partition coefficient (Wildman–Crippen LogP) is 11.9. The number of carbonyl (C=O) groups is 1. The van der Waals surface area contributed by atoms with Gasteiger partial charge in [-0.25, -0.2) is 9.18 Å². The number of halogens is 2. The molecule has 0 saturated carbocycles. The van der Waals surface area contributed by atoms with Crippen molar-refractivity contribution in [2.24, 2.45) is 21.1 Å². The fourth-order valence-corrected chi connectivity index (χ4v) is 10.2. The lowest BCUT2D eigenvalue weighted by atomic mass is 9.98. The van der Waals surface area contributed by atoms with Gasteiger partial charge in [0.25, 0.3) is 0 Å². The van der Waals surface area contributed by atoms with E-state index in [2.05, 4.69) is 45.2 Å². The van der Waals surface area contributed by atoms with E-state index in [4.69, 9.17) is 40.4 Å². The van der Waals surface area contributed by atoms with E-state index in [0.717, 1.165) is 83.1 Å². The lowest BCUT2D eigenvalue weighted by Gasteiger charge is -2.36. The number of aromatic nitrogens is 5. The number of aryl methyl sites for hydroxylation is 4. The van der Waals surface area contributed by atoms with Gasteiger partial charge in [-0.05, 0) is 116 Å². The van der Waals surface area contributed by atoms with Gasteiger partial charge in [-0.15, -0.1) is 11.8 Å². The zero-order chi connectivity index (χ0) is 47.5. The zero-order valence-electron chi connectivity index (χ0n) is 40.0. The Kier molecular flexibility index (Phi) is 15.1. The SMILES string of the molecule is CCOC(=O)c1c(CCCOc2cc(SCc3ccc(OC)cc3)cc3cc(F)ccc23)c2ccc(Cl)c(-c3c(CNCc4cc(CO[Si](C)(C)C(C)(C)C)n(C)n4)nn(C)c3C)c2n1C. The second-order valence-electron chi connectivity index (χ2n) is 18.2. The molecule has 0 atom stereocenters. The lowest BCUT2D eigenvalue weighted by Crippen LogP contribution is -2.40. The van der Waals surface area contributed by atoms with Crippen molar-refractivity contribution in [3.63, 3.8) is 0 Å². The number of thioether (sulfide) groups is 1. The Labute approximate surface area is 398 Å². The highest BCUT2D eigenvalue weighted by molar-refractivity contribution is 7.98. The average molecular weight is 954 g/mol. The molecule has 7 aromatic rings. The molecule has 0 spiro atoms. The average Bonchev–Trinajstić information content (AvgIpc) is 3.88. The number of benzene rings is 4. The third-order valence-electron chi connectivity index (χ3n) is 12.8. The van der Waals surface area contributed by atoms with Gasteiger partial charge in [0, 0.05) is 72.5 Å². The van der Waals surface area contributed by atoms with Crippen molar-refractivity contribution in [1.29, 1.82) is 0 Å². The number of nitrogens with zero attached hydrogens (tertiary/aromatic N) is 5. The molecule has 1 N–H and O–H groups in total. The second-order valence-corrected chi connectivity index (χ2v) is 24.5. The molecule has 0 unspecified atom stereocenters. The van der Waals surface area contributed by atoms with Crippen molar-refractivity contribution in [1.82, 2.24) is 29.4 Å². The number of ether oxygens (including phenoxy) is 3. The first-order valence-corrected chi connectivity index (χ1v) is 26.7. The third kappa shape index (κ3) is 10.5. The molecule has 350 valence electrons. The summed E-state index contributed by atoms with van der Waals surface area (Å²) >= 11 is 8.84. The number of hydrogen-bond acceptors (Lipinski definition) is 9. The van der Waals surface area contributed by atoms with Crippen molar-refractivity contribution in [2.45, 2.75) is 95.9 Å². The van der Waals surface area contributed by atoms with Gasteiger partial charge in [-0.1, -0.05) is 50.6 Å². The van der Waals surface area contributed by atoms with E-state index in [1.54, 1.807) is 31.0 Å². The van der Waals surface area contributed by atoms with E-state index < -0.39 is 14.3 Å². The molecule has 0 aliphatic heterocycles. The second kappa shape index (κ2) is 20.4.